The number of aryl methyl sites for hydroxylation is 1. The molecule has 31 heavy (non-hydrogen) atoms. The fraction of sp³-hybridized carbons (Fsp3) is 0.500. The second-order valence-corrected chi connectivity index (χ2v) is 9.41. The molecule has 2 fully saturated rings. The molecule has 4 N–H and O–H groups in total. The lowest BCUT2D eigenvalue weighted by Gasteiger charge is -2.23. The van der Waals surface area contributed by atoms with Crippen molar-refractivity contribution in [3.8, 4) is 0 Å². The highest BCUT2D eigenvalue weighted by molar-refractivity contribution is 6.31. The number of nitrogens with zero attached hydrogens (tertiary/aromatic N) is 2. The zero-order valence-electron chi connectivity index (χ0n) is 17.5. The van der Waals surface area contributed by atoms with E-state index in [4.69, 9.17) is 17.3 Å². The Kier molecular flexibility index (Phi) is 5.55. The van der Waals surface area contributed by atoms with Gasteiger partial charge in [-0.25, -0.2) is 9.37 Å². The summed E-state index contributed by atoms with van der Waals surface area (Å²) >= 11 is 5.83. The SMILES string of the molecule is Cc1nc(C2CC3CC(O)(CC(N)=O)CC3C2)c(C(=O)Nc2ccc(F)c(Cl)c2)n1C. The van der Waals surface area contributed by atoms with Gasteiger partial charge in [-0.3, -0.25) is 9.59 Å². The molecule has 2 aliphatic rings. The van der Waals surface area contributed by atoms with Crippen molar-refractivity contribution in [1.82, 2.24) is 9.55 Å². The van der Waals surface area contributed by atoms with E-state index in [1.54, 1.807) is 11.6 Å². The third kappa shape index (κ3) is 4.19. The summed E-state index contributed by atoms with van der Waals surface area (Å²) in [4.78, 5) is 29.1. The first-order valence-electron chi connectivity index (χ1n) is 10.4. The first-order valence-corrected chi connectivity index (χ1v) is 10.7. The molecule has 9 heteroatoms. The highest BCUT2D eigenvalue weighted by Crippen LogP contribution is 2.54. The highest BCUT2D eigenvalue weighted by atomic mass is 35.5. The number of hydrogen-bond donors (Lipinski definition) is 3. The molecule has 4 rings (SSSR count). The zero-order valence-corrected chi connectivity index (χ0v) is 18.2. The largest absolute Gasteiger partial charge is 0.389 e. The van der Waals surface area contributed by atoms with Crippen LogP contribution in [0.25, 0.3) is 0 Å². The summed E-state index contributed by atoms with van der Waals surface area (Å²) in [5.74, 6) is -0.0232. The first kappa shape index (κ1) is 21.8. The summed E-state index contributed by atoms with van der Waals surface area (Å²) in [6.07, 6.45) is 2.66. The van der Waals surface area contributed by atoms with Crippen LogP contribution in [0.4, 0.5) is 10.1 Å². The summed E-state index contributed by atoms with van der Waals surface area (Å²) in [6, 6.07) is 4.04. The third-order valence-corrected chi connectivity index (χ3v) is 7.04. The Morgan fingerprint density at radius 1 is 1.35 bits per heavy atom. The predicted octanol–water partition coefficient (Wildman–Crippen LogP) is 3.28. The number of rotatable bonds is 5. The molecule has 166 valence electrons. The molecule has 2 unspecified atom stereocenters. The molecule has 2 atom stereocenters. The van der Waals surface area contributed by atoms with E-state index < -0.39 is 17.3 Å². The van der Waals surface area contributed by atoms with Crippen LogP contribution in [0.2, 0.25) is 5.02 Å². The maximum atomic E-state index is 13.4. The number of benzene rings is 1. The van der Waals surface area contributed by atoms with Crippen molar-refractivity contribution in [2.75, 3.05) is 5.32 Å². The topological polar surface area (TPSA) is 110 Å². The van der Waals surface area contributed by atoms with Crippen LogP contribution in [0.3, 0.4) is 0 Å². The Morgan fingerprint density at radius 3 is 2.58 bits per heavy atom. The number of amides is 2. The Balaban J connectivity index is 1.53. The maximum absolute atomic E-state index is 13.4. The van der Waals surface area contributed by atoms with Gasteiger partial charge in [-0.05, 0) is 62.6 Å². The molecule has 2 saturated carbocycles. The van der Waals surface area contributed by atoms with Crippen LogP contribution in [-0.2, 0) is 11.8 Å². The summed E-state index contributed by atoms with van der Waals surface area (Å²) in [5, 5.41) is 13.4. The number of fused-ring (bicyclic) bond motifs is 1. The molecule has 1 aromatic heterocycles. The second kappa shape index (κ2) is 7.91. The molecular formula is C22H26ClFN4O3. The number of hydrogen-bond acceptors (Lipinski definition) is 4. The molecule has 7 nitrogen and oxygen atoms in total. The molecule has 1 heterocycles. The molecule has 0 spiro atoms. The Labute approximate surface area is 184 Å². The summed E-state index contributed by atoms with van der Waals surface area (Å²) in [7, 11) is 1.79. The first-order chi connectivity index (χ1) is 14.6. The van der Waals surface area contributed by atoms with E-state index in [1.165, 1.54) is 18.2 Å². The molecule has 2 aromatic rings. The average Bonchev–Trinajstić information content (AvgIpc) is 3.27. The maximum Gasteiger partial charge on any atom is 0.274 e. The van der Waals surface area contributed by atoms with E-state index in [0.717, 1.165) is 24.4 Å². The van der Waals surface area contributed by atoms with Crippen molar-refractivity contribution in [3.63, 3.8) is 0 Å². The molecule has 0 radical (unpaired) electrons. The van der Waals surface area contributed by atoms with Gasteiger partial charge in [0.05, 0.1) is 22.7 Å². The highest BCUT2D eigenvalue weighted by Gasteiger charge is 2.50. The monoisotopic (exact) mass is 448 g/mol. The van der Waals surface area contributed by atoms with Crippen molar-refractivity contribution in [1.29, 1.82) is 0 Å². The van der Waals surface area contributed by atoms with Crippen molar-refractivity contribution in [2.45, 2.75) is 50.5 Å². The summed E-state index contributed by atoms with van der Waals surface area (Å²) in [6.45, 7) is 1.84. The van der Waals surface area contributed by atoms with Crippen molar-refractivity contribution in [3.05, 3.63) is 46.3 Å². The number of halogens is 2. The molecule has 2 amide bonds. The minimum atomic E-state index is -1.02. The van der Waals surface area contributed by atoms with Gasteiger partial charge in [-0.2, -0.15) is 0 Å². The standard InChI is InChI=1S/C22H26ClFN4O3/c1-11-26-19(12-5-13-8-22(31,10-18(25)29)9-14(13)6-12)20(28(11)2)21(30)27-15-3-4-17(24)16(23)7-15/h3-4,7,12-14,31H,5-6,8-10H2,1-2H3,(H2,25,29)(H,27,30). The van der Waals surface area contributed by atoms with Gasteiger partial charge in [0.25, 0.3) is 5.91 Å². The van der Waals surface area contributed by atoms with Crippen LogP contribution in [0.15, 0.2) is 18.2 Å². The summed E-state index contributed by atoms with van der Waals surface area (Å²) in [5.41, 5.74) is 5.88. The normalized spacial score (nSPS) is 27.3. The van der Waals surface area contributed by atoms with Gasteiger partial charge in [-0.1, -0.05) is 11.6 Å². The number of nitrogens with two attached hydrogens (primary N) is 1. The third-order valence-electron chi connectivity index (χ3n) is 6.75. The van der Waals surface area contributed by atoms with Crippen LogP contribution in [0, 0.1) is 24.6 Å². The molecule has 0 bridgehead atoms. The van der Waals surface area contributed by atoms with Crippen LogP contribution < -0.4 is 11.1 Å². The van der Waals surface area contributed by atoms with Crippen LogP contribution in [-0.4, -0.2) is 32.1 Å². The van der Waals surface area contributed by atoms with E-state index in [-0.39, 0.29) is 35.1 Å². The van der Waals surface area contributed by atoms with Crippen LogP contribution in [0.5, 0.6) is 0 Å². The van der Waals surface area contributed by atoms with Crippen molar-refractivity contribution in [2.24, 2.45) is 24.6 Å². The lowest BCUT2D eigenvalue weighted by Crippen LogP contribution is -2.32. The van der Waals surface area contributed by atoms with Gasteiger partial charge >= 0.3 is 0 Å². The van der Waals surface area contributed by atoms with Gasteiger partial charge in [0, 0.05) is 18.7 Å². The minimum absolute atomic E-state index is 0.0127. The number of primary amides is 1. The minimum Gasteiger partial charge on any atom is -0.389 e. The molecule has 1 aromatic carbocycles. The van der Waals surface area contributed by atoms with Gasteiger partial charge in [0.15, 0.2) is 0 Å². The number of carbonyl (C=O) groups excluding carboxylic acids is 2. The van der Waals surface area contributed by atoms with Gasteiger partial charge in [0.1, 0.15) is 17.3 Å². The fourth-order valence-corrected chi connectivity index (χ4v) is 5.60. The smallest absolute Gasteiger partial charge is 0.274 e. The molecular weight excluding hydrogens is 423 g/mol. The fourth-order valence-electron chi connectivity index (χ4n) is 5.42. The Bertz CT molecular complexity index is 1040. The van der Waals surface area contributed by atoms with E-state index in [0.29, 0.717) is 24.2 Å². The van der Waals surface area contributed by atoms with Gasteiger partial charge in [-0.15, -0.1) is 0 Å². The quantitative estimate of drug-likeness (QED) is 0.651. The molecule has 0 saturated heterocycles. The predicted molar refractivity (Wildman–Crippen MR) is 114 cm³/mol. The van der Waals surface area contributed by atoms with Crippen LogP contribution >= 0.6 is 11.6 Å². The van der Waals surface area contributed by atoms with Gasteiger partial charge < -0.3 is 20.7 Å². The Morgan fingerprint density at radius 2 is 2.00 bits per heavy atom. The number of anilines is 1. The van der Waals surface area contributed by atoms with E-state index in [9.17, 15) is 19.1 Å². The number of nitrogens with one attached hydrogen (secondary N) is 1. The molecule has 2 aliphatic carbocycles. The van der Waals surface area contributed by atoms with Crippen molar-refractivity contribution >= 4 is 29.1 Å². The second-order valence-electron chi connectivity index (χ2n) is 9.00. The van der Waals surface area contributed by atoms with E-state index in [1.807, 2.05) is 6.92 Å². The number of aromatic nitrogens is 2. The van der Waals surface area contributed by atoms with Crippen molar-refractivity contribution < 1.29 is 19.1 Å². The Hall–Kier alpha value is -2.45. The number of imidazole rings is 1. The summed E-state index contributed by atoms with van der Waals surface area (Å²) < 4.78 is 15.2. The van der Waals surface area contributed by atoms with E-state index >= 15 is 0 Å². The van der Waals surface area contributed by atoms with Gasteiger partial charge in [0.2, 0.25) is 5.91 Å². The zero-order chi connectivity index (χ0) is 22.5. The lowest BCUT2D eigenvalue weighted by atomic mass is 9.90. The van der Waals surface area contributed by atoms with Crippen LogP contribution in [0.1, 0.15) is 60.0 Å². The lowest BCUT2D eigenvalue weighted by molar-refractivity contribution is -0.122. The number of carbonyl (C=O) groups is 2. The average molecular weight is 449 g/mol. The molecule has 0 aliphatic heterocycles. The number of aliphatic hydroxyl groups is 1. The van der Waals surface area contributed by atoms with E-state index in [2.05, 4.69) is 10.3 Å².